The van der Waals surface area contributed by atoms with Crippen molar-refractivity contribution in [2.75, 3.05) is 0 Å². The summed E-state index contributed by atoms with van der Waals surface area (Å²) in [7, 11) is 0. The zero-order valence-corrected chi connectivity index (χ0v) is 20.4. The molecule has 198 valence electrons. The number of amides is 3. The van der Waals surface area contributed by atoms with Crippen LogP contribution >= 0.6 is 0 Å². The first kappa shape index (κ1) is 28.5. The third-order valence-corrected chi connectivity index (χ3v) is 5.33. The van der Waals surface area contributed by atoms with Crippen LogP contribution < -0.4 is 21.7 Å². The van der Waals surface area contributed by atoms with Gasteiger partial charge in [0.1, 0.15) is 18.1 Å². The molecule has 5 atom stereocenters. The maximum absolute atomic E-state index is 13.0. The van der Waals surface area contributed by atoms with Crippen LogP contribution in [0.4, 0.5) is 0 Å². The van der Waals surface area contributed by atoms with E-state index in [2.05, 4.69) is 35.9 Å². The number of nitrogens with two attached hydrogens (primary N) is 1. The van der Waals surface area contributed by atoms with E-state index in [1.807, 2.05) is 13.8 Å². The molecule has 0 spiro atoms. The summed E-state index contributed by atoms with van der Waals surface area (Å²) in [6.45, 7) is 4.98. The number of carbonyl (C=O) groups is 4. The fraction of sp³-hybridized carbons (Fsp3) is 0.545. The third kappa shape index (κ3) is 8.78. The van der Waals surface area contributed by atoms with Crippen molar-refractivity contribution < 1.29 is 29.4 Å². The summed E-state index contributed by atoms with van der Waals surface area (Å²) >= 11 is 0. The molecule has 2 heterocycles. The summed E-state index contributed by atoms with van der Waals surface area (Å²) in [5.41, 5.74) is 7.09. The number of aromatic amines is 2. The minimum absolute atomic E-state index is 0.00509. The van der Waals surface area contributed by atoms with Crippen molar-refractivity contribution in [3.8, 4) is 0 Å². The molecule has 0 aliphatic heterocycles. The highest BCUT2D eigenvalue weighted by atomic mass is 16.4. The number of carbonyl (C=O) groups excluding carboxylic acids is 3. The second kappa shape index (κ2) is 13.3. The normalized spacial score (nSPS) is 15.4. The van der Waals surface area contributed by atoms with Crippen LogP contribution in [0.5, 0.6) is 0 Å². The van der Waals surface area contributed by atoms with Crippen LogP contribution in [0.1, 0.15) is 38.6 Å². The average molecular weight is 507 g/mol. The predicted octanol–water partition coefficient (Wildman–Crippen LogP) is -1.79. The highest BCUT2D eigenvalue weighted by molar-refractivity contribution is 5.94. The summed E-state index contributed by atoms with van der Waals surface area (Å²) in [5.74, 6) is -3.49. The van der Waals surface area contributed by atoms with E-state index in [1.54, 1.807) is 0 Å². The molecular formula is C22H34N8O6. The number of aliphatic hydroxyl groups excluding tert-OH is 1. The number of aliphatic hydroxyl groups is 1. The summed E-state index contributed by atoms with van der Waals surface area (Å²) in [5, 5.41) is 27.0. The number of nitrogens with zero attached hydrogens (tertiary/aromatic N) is 2. The Bertz CT molecular complexity index is 992. The van der Waals surface area contributed by atoms with Crippen molar-refractivity contribution in [3.05, 3.63) is 36.4 Å². The molecule has 36 heavy (non-hydrogen) atoms. The molecule has 0 bridgehead atoms. The minimum Gasteiger partial charge on any atom is -0.480 e. The molecule has 0 aliphatic rings. The first-order chi connectivity index (χ1) is 17.0. The zero-order valence-electron chi connectivity index (χ0n) is 20.4. The van der Waals surface area contributed by atoms with Gasteiger partial charge in [-0.1, -0.05) is 13.8 Å². The Hall–Kier alpha value is -3.78. The van der Waals surface area contributed by atoms with Gasteiger partial charge in [0.2, 0.25) is 17.7 Å². The number of hydrogen-bond acceptors (Lipinski definition) is 8. The lowest BCUT2D eigenvalue weighted by Crippen LogP contribution is -2.60. The van der Waals surface area contributed by atoms with Crippen molar-refractivity contribution in [2.24, 2.45) is 11.7 Å². The molecule has 0 aliphatic carbocycles. The fourth-order valence-electron chi connectivity index (χ4n) is 3.44. The van der Waals surface area contributed by atoms with Gasteiger partial charge >= 0.3 is 5.97 Å². The van der Waals surface area contributed by atoms with Gasteiger partial charge in [-0.3, -0.25) is 14.4 Å². The number of hydrogen-bond donors (Lipinski definition) is 8. The van der Waals surface area contributed by atoms with E-state index in [0.717, 1.165) is 0 Å². The largest absolute Gasteiger partial charge is 0.480 e. The highest BCUT2D eigenvalue weighted by Gasteiger charge is 2.33. The number of imidazole rings is 2. The van der Waals surface area contributed by atoms with Gasteiger partial charge in [0.15, 0.2) is 0 Å². The first-order valence-electron chi connectivity index (χ1n) is 11.5. The first-order valence-corrected chi connectivity index (χ1v) is 11.5. The van der Waals surface area contributed by atoms with E-state index in [1.165, 1.54) is 32.0 Å². The quantitative estimate of drug-likeness (QED) is 0.144. The van der Waals surface area contributed by atoms with E-state index in [4.69, 9.17) is 5.73 Å². The summed E-state index contributed by atoms with van der Waals surface area (Å²) in [4.78, 5) is 63.4. The van der Waals surface area contributed by atoms with Crippen LogP contribution in [0.3, 0.4) is 0 Å². The highest BCUT2D eigenvalue weighted by Crippen LogP contribution is 2.08. The summed E-state index contributed by atoms with van der Waals surface area (Å²) in [6, 6.07) is -4.80. The number of H-pyrrole nitrogens is 2. The third-order valence-electron chi connectivity index (χ3n) is 5.33. The van der Waals surface area contributed by atoms with E-state index in [9.17, 15) is 29.4 Å². The monoisotopic (exact) mass is 506 g/mol. The Kier molecular flexibility index (Phi) is 10.5. The van der Waals surface area contributed by atoms with Gasteiger partial charge in [-0.15, -0.1) is 0 Å². The maximum atomic E-state index is 13.0. The molecule has 2 rings (SSSR count). The van der Waals surface area contributed by atoms with Gasteiger partial charge < -0.3 is 41.9 Å². The smallest absolute Gasteiger partial charge is 0.326 e. The molecule has 0 saturated heterocycles. The predicted molar refractivity (Wildman–Crippen MR) is 127 cm³/mol. The molecule has 0 fully saturated rings. The lowest BCUT2D eigenvalue weighted by Gasteiger charge is -2.27. The Labute approximate surface area is 207 Å². The molecular weight excluding hydrogens is 472 g/mol. The zero-order chi connectivity index (χ0) is 26.8. The number of carboxylic acids is 1. The lowest BCUT2D eigenvalue weighted by atomic mass is 10.0. The molecule has 14 nitrogen and oxygen atoms in total. The molecule has 2 aromatic heterocycles. The number of aliphatic carboxylic acids is 1. The summed E-state index contributed by atoms with van der Waals surface area (Å²) < 4.78 is 0. The number of aromatic nitrogens is 4. The average Bonchev–Trinajstić information content (AvgIpc) is 3.49. The SMILES string of the molecule is CC(C)CC(NC(=O)C(N)Cc1cnc[nH]1)C(=O)NC(C(=O)NC(Cc1cnc[nH]1)C(=O)O)C(C)O. The van der Waals surface area contributed by atoms with Crippen molar-refractivity contribution in [3.63, 3.8) is 0 Å². The van der Waals surface area contributed by atoms with Gasteiger partial charge in [0.25, 0.3) is 0 Å². The van der Waals surface area contributed by atoms with Crippen LogP contribution in [-0.2, 0) is 32.0 Å². The van der Waals surface area contributed by atoms with Crippen molar-refractivity contribution in [2.45, 2.75) is 70.3 Å². The van der Waals surface area contributed by atoms with Gasteiger partial charge in [0, 0.05) is 36.6 Å². The van der Waals surface area contributed by atoms with E-state index in [-0.39, 0.29) is 25.2 Å². The Morgan fingerprint density at radius 2 is 1.44 bits per heavy atom. The van der Waals surface area contributed by atoms with Crippen molar-refractivity contribution in [1.29, 1.82) is 0 Å². The van der Waals surface area contributed by atoms with Crippen LogP contribution in [0, 0.1) is 5.92 Å². The number of nitrogens with one attached hydrogen (secondary N) is 5. The topological polar surface area (TPSA) is 228 Å². The molecule has 2 aromatic rings. The molecule has 0 aromatic carbocycles. The van der Waals surface area contributed by atoms with Crippen molar-refractivity contribution in [1.82, 2.24) is 35.9 Å². The Morgan fingerprint density at radius 3 is 1.92 bits per heavy atom. The van der Waals surface area contributed by atoms with Gasteiger partial charge in [-0.25, -0.2) is 14.8 Å². The molecule has 5 unspecified atom stereocenters. The lowest BCUT2D eigenvalue weighted by molar-refractivity contribution is -0.143. The standard InChI is InChI=1S/C22H34N8O6/c1-11(2)4-16(28-19(32)15(23)5-13-7-24-9-26-13)20(33)30-18(12(3)31)21(34)29-17(22(35)36)6-14-8-25-10-27-14/h7-12,15-18,31H,4-6,23H2,1-3H3,(H,24,26)(H,25,27)(H,28,32)(H,29,34)(H,30,33)(H,35,36). The molecule has 0 radical (unpaired) electrons. The number of carboxylic acid groups (broad SMARTS) is 1. The molecule has 14 heteroatoms. The van der Waals surface area contributed by atoms with Gasteiger partial charge in [0.05, 0.1) is 24.8 Å². The van der Waals surface area contributed by atoms with Crippen molar-refractivity contribution >= 4 is 23.7 Å². The Morgan fingerprint density at radius 1 is 0.889 bits per heavy atom. The number of rotatable bonds is 14. The minimum atomic E-state index is -1.47. The Balaban J connectivity index is 2.07. The van der Waals surface area contributed by atoms with Crippen LogP contribution in [0.2, 0.25) is 0 Å². The van der Waals surface area contributed by atoms with Crippen LogP contribution in [-0.4, -0.2) is 84.1 Å². The van der Waals surface area contributed by atoms with Gasteiger partial charge in [-0.05, 0) is 19.3 Å². The van der Waals surface area contributed by atoms with Gasteiger partial charge in [-0.2, -0.15) is 0 Å². The van der Waals surface area contributed by atoms with E-state index < -0.39 is 54.0 Å². The molecule has 9 N–H and O–H groups in total. The van der Waals surface area contributed by atoms with Crippen LogP contribution in [0.25, 0.3) is 0 Å². The molecule has 3 amide bonds. The summed E-state index contributed by atoms with van der Waals surface area (Å²) in [6.07, 6.45) is 4.77. The van der Waals surface area contributed by atoms with E-state index in [0.29, 0.717) is 11.4 Å². The second-order valence-electron chi connectivity index (χ2n) is 8.99. The maximum Gasteiger partial charge on any atom is 0.326 e. The second-order valence-corrected chi connectivity index (χ2v) is 8.99. The fourth-order valence-corrected chi connectivity index (χ4v) is 3.44. The van der Waals surface area contributed by atoms with Crippen LogP contribution in [0.15, 0.2) is 25.0 Å². The molecule has 0 saturated carbocycles. The van der Waals surface area contributed by atoms with E-state index >= 15 is 0 Å².